The number of hydrogen-bond donors (Lipinski definition) is 2. The summed E-state index contributed by atoms with van der Waals surface area (Å²) in [7, 11) is 0. The number of hydrogen-bond acceptors (Lipinski definition) is 5. The molecule has 138 valence electrons. The van der Waals surface area contributed by atoms with Crippen LogP contribution in [0.1, 0.15) is 11.1 Å². The van der Waals surface area contributed by atoms with E-state index in [0.29, 0.717) is 22.0 Å². The lowest BCUT2D eigenvalue weighted by atomic mass is 10.2. The van der Waals surface area contributed by atoms with Crippen molar-refractivity contribution in [1.82, 2.24) is 5.32 Å². The van der Waals surface area contributed by atoms with Gasteiger partial charge in [-0.2, -0.15) is 0 Å². The second-order valence-corrected chi connectivity index (χ2v) is 7.19. The summed E-state index contributed by atoms with van der Waals surface area (Å²) < 4.78 is 5.58. The Kier molecular flexibility index (Phi) is 5.83. The second-order valence-electron chi connectivity index (χ2n) is 5.74. The molecule has 1 aliphatic rings. The van der Waals surface area contributed by atoms with Crippen molar-refractivity contribution in [2.75, 3.05) is 11.9 Å². The van der Waals surface area contributed by atoms with Gasteiger partial charge in [-0.25, -0.2) is 0 Å². The van der Waals surface area contributed by atoms with Crippen LogP contribution in [0.2, 0.25) is 5.02 Å². The number of aryl methyl sites for hydroxylation is 1. The molecule has 0 atom stereocenters. The molecule has 1 fully saturated rings. The van der Waals surface area contributed by atoms with Crippen LogP contribution in [0.3, 0.4) is 0 Å². The minimum absolute atomic E-state index is 0.218. The fourth-order valence-electron chi connectivity index (χ4n) is 2.30. The Morgan fingerprint density at radius 1 is 1.22 bits per heavy atom. The average molecular weight is 403 g/mol. The first-order valence-corrected chi connectivity index (χ1v) is 9.14. The van der Waals surface area contributed by atoms with E-state index in [1.54, 1.807) is 30.3 Å². The van der Waals surface area contributed by atoms with Crippen LogP contribution in [0.15, 0.2) is 47.4 Å². The van der Waals surface area contributed by atoms with Crippen molar-refractivity contribution in [2.45, 2.75) is 6.92 Å². The fourth-order valence-corrected chi connectivity index (χ4v) is 3.16. The van der Waals surface area contributed by atoms with E-state index in [1.165, 1.54) is 6.08 Å². The van der Waals surface area contributed by atoms with Gasteiger partial charge in [-0.1, -0.05) is 29.3 Å². The summed E-state index contributed by atoms with van der Waals surface area (Å²) in [6, 6.07) is 12.2. The molecule has 2 aromatic rings. The van der Waals surface area contributed by atoms with E-state index < -0.39 is 11.1 Å². The molecule has 0 spiro atoms. The Hall–Kier alpha value is -2.77. The molecule has 0 unspecified atom stereocenters. The number of thioether (sulfide) groups is 1. The number of carbonyl (C=O) groups is 3. The summed E-state index contributed by atoms with van der Waals surface area (Å²) in [5.74, 6) is -0.428. The van der Waals surface area contributed by atoms with Gasteiger partial charge in [0.2, 0.25) is 0 Å². The van der Waals surface area contributed by atoms with Gasteiger partial charge in [0.15, 0.2) is 6.61 Å². The molecule has 1 saturated heterocycles. The van der Waals surface area contributed by atoms with Gasteiger partial charge >= 0.3 is 0 Å². The van der Waals surface area contributed by atoms with Gasteiger partial charge in [-0.05, 0) is 55.1 Å². The van der Waals surface area contributed by atoms with Gasteiger partial charge < -0.3 is 10.1 Å². The molecule has 0 saturated carbocycles. The molecule has 0 aliphatic carbocycles. The van der Waals surface area contributed by atoms with Gasteiger partial charge in [0.05, 0.1) is 4.91 Å². The fraction of sp³-hybridized carbons (Fsp3) is 0.105. The van der Waals surface area contributed by atoms with Crippen molar-refractivity contribution in [1.29, 1.82) is 0 Å². The number of benzene rings is 2. The number of rotatable bonds is 5. The Morgan fingerprint density at radius 2 is 1.96 bits per heavy atom. The Morgan fingerprint density at radius 3 is 2.63 bits per heavy atom. The zero-order valence-corrected chi connectivity index (χ0v) is 15.8. The molecule has 8 heteroatoms. The largest absolute Gasteiger partial charge is 0.483 e. The van der Waals surface area contributed by atoms with E-state index in [2.05, 4.69) is 10.6 Å². The molecular formula is C19H15ClN2O4S. The number of halogens is 1. The van der Waals surface area contributed by atoms with Crippen LogP contribution in [-0.2, 0) is 9.59 Å². The summed E-state index contributed by atoms with van der Waals surface area (Å²) >= 11 is 6.81. The van der Waals surface area contributed by atoms with Gasteiger partial charge in [0, 0.05) is 16.3 Å². The molecule has 6 nitrogen and oxygen atoms in total. The van der Waals surface area contributed by atoms with E-state index in [9.17, 15) is 14.4 Å². The minimum Gasteiger partial charge on any atom is -0.483 e. The summed E-state index contributed by atoms with van der Waals surface area (Å²) in [6.45, 7) is 1.74. The molecule has 2 aromatic carbocycles. The van der Waals surface area contributed by atoms with Crippen LogP contribution in [0, 0.1) is 6.92 Å². The number of imide groups is 1. The number of anilines is 1. The van der Waals surface area contributed by atoms with Crippen molar-refractivity contribution < 1.29 is 19.1 Å². The summed E-state index contributed by atoms with van der Waals surface area (Å²) in [5, 5.41) is 4.92. The van der Waals surface area contributed by atoms with Crippen molar-refractivity contribution in [2.24, 2.45) is 0 Å². The maximum Gasteiger partial charge on any atom is 0.290 e. The van der Waals surface area contributed by atoms with Crippen LogP contribution >= 0.6 is 23.4 Å². The second kappa shape index (κ2) is 8.28. The lowest BCUT2D eigenvalue weighted by Crippen LogP contribution is -2.20. The van der Waals surface area contributed by atoms with E-state index >= 15 is 0 Å². The molecule has 27 heavy (non-hydrogen) atoms. The van der Waals surface area contributed by atoms with E-state index in [0.717, 1.165) is 17.3 Å². The average Bonchev–Trinajstić information content (AvgIpc) is 2.93. The van der Waals surface area contributed by atoms with E-state index in [-0.39, 0.29) is 17.4 Å². The van der Waals surface area contributed by atoms with Crippen LogP contribution < -0.4 is 15.4 Å². The van der Waals surface area contributed by atoms with Crippen molar-refractivity contribution in [3.63, 3.8) is 0 Å². The van der Waals surface area contributed by atoms with Crippen LogP contribution in [0.25, 0.3) is 6.08 Å². The highest BCUT2D eigenvalue weighted by Gasteiger charge is 2.25. The highest BCUT2D eigenvalue weighted by molar-refractivity contribution is 8.18. The van der Waals surface area contributed by atoms with E-state index in [4.69, 9.17) is 16.3 Å². The first-order chi connectivity index (χ1) is 12.9. The lowest BCUT2D eigenvalue weighted by Gasteiger charge is -2.11. The molecule has 0 aromatic heterocycles. The molecule has 1 heterocycles. The first kappa shape index (κ1) is 19.0. The first-order valence-electron chi connectivity index (χ1n) is 7.94. The van der Waals surface area contributed by atoms with Gasteiger partial charge in [-0.15, -0.1) is 0 Å². The highest BCUT2D eigenvalue weighted by atomic mass is 35.5. The predicted octanol–water partition coefficient (Wildman–Crippen LogP) is 3.99. The van der Waals surface area contributed by atoms with Crippen molar-refractivity contribution in [3.8, 4) is 5.75 Å². The molecule has 3 amide bonds. The smallest absolute Gasteiger partial charge is 0.290 e. The van der Waals surface area contributed by atoms with Crippen LogP contribution in [0.4, 0.5) is 10.5 Å². The monoisotopic (exact) mass is 402 g/mol. The summed E-state index contributed by atoms with van der Waals surface area (Å²) in [6.07, 6.45) is 1.50. The third-order valence-corrected chi connectivity index (χ3v) is 4.64. The van der Waals surface area contributed by atoms with E-state index in [1.807, 2.05) is 19.1 Å². The third kappa shape index (κ3) is 5.12. The molecule has 1 aliphatic heterocycles. The van der Waals surface area contributed by atoms with Gasteiger partial charge in [-0.3, -0.25) is 19.7 Å². The Balaban J connectivity index is 1.70. The predicted molar refractivity (Wildman–Crippen MR) is 106 cm³/mol. The Labute approximate surface area is 164 Å². The number of amides is 3. The highest BCUT2D eigenvalue weighted by Crippen LogP contribution is 2.30. The van der Waals surface area contributed by atoms with Gasteiger partial charge in [0.1, 0.15) is 5.75 Å². The molecule has 0 bridgehead atoms. The summed E-state index contributed by atoms with van der Waals surface area (Å²) in [4.78, 5) is 35.3. The minimum atomic E-state index is -0.479. The van der Waals surface area contributed by atoms with Crippen molar-refractivity contribution in [3.05, 3.63) is 63.5 Å². The van der Waals surface area contributed by atoms with Gasteiger partial charge in [0.25, 0.3) is 17.1 Å². The topological polar surface area (TPSA) is 84.5 Å². The third-order valence-electron chi connectivity index (χ3n) is 3.59. The number of nitrogens with one attached hydrogen (secondary N) is 2. The normalized spacial score (nSPS) is 15.0. The molecule has 2 N–H and O–H groups in total. The van der Waals surface area contributed by atoms with Crippen molar-refractivity contribution >= 4 is 52.2 Å². The summed E-state index contributed by atoms with van der Waals surface area (Å²) in [5.41, 5.74) is 2.26. The number of ether oxygens (including phenoxy) is 1. The number of carbonyl (C=O) groups excluding carboxylic acids is 3. The quantitative estimate of drug-likeness (QED) is 0.739. The SMILES string of the molecule is Cc1ccc(NC(=O)COc2ccc(Cl)cc2/C=C2\SC(=O)NC2=O)cc1. The van der Waals surface area contributed by atoms with Crippen LogP contribution in [-0.4, -0.2) is 23.7 Å². The molecular weight excluding hydrogens is 388 g/mol. The zero-order chi connectivity index (χ0) is 19.4. The van der Waals surface area contributed by atoms with Crippen LogP contribution in [0.5, 0.6) is 5.75 Å². The zero-order valence-electron chi connectivity index (χ0n) is 14.2. The maximum atomic E-state index is 12.1. The standard InChI is InChI=1S/C19H15ClN2O4S/c1-11-2-5-14(6-3-11)21-17(23)10-26-15-7-4-13(20)8-12(15)9-16-18(24)22-19(25)27-16/h2-9H,10H2,1H3,(H,21,23)(H,22,24,25)/b16-9-. The molecule has 3 rings (SSSR count). The maximum absolute atomic E-state index is 12.1. The molecule has 0 radical (unpaired) electrons. The Bertz CT molecular complexity index is 941. The lowest BCUT2D eigenvalue weighted by molar-refractivity contribution is -0.118.